The molecule has 3 N–H and O–H groups in total. The van der Waals surface area contributed by atoms with E-state index in [-0.39, 0.29) is 24.1 Å². The van der Waals surface area contributed by atoms with Gasteiger partial charge in [0, 0.05) is 12.3 Å². The topological polar surface area (TPSA) is 89.3 Å². The minimum Gasteiger partial charge on any atom is -0.352 e. The van der Waals surface area contributed by atoms with E-state index in [1.807, 2.05) is 20.8 Å². The van der Waals surface area contributed by atoms with Gasteiger partial charge in [-0.25, -0.2) is 8.42 Å². The number of carbonyl (C=O) groups excluding carboxylic acids is 1. The molecular weight excluding hydrogens is 228 g/mol. The molecule has 96 valence electrons. The van der Waals surface area contributed by atoms with Gasteiger partial charge in [-0.2, -0.15) is 0 Å². The van der Waals surface area contributed by atoms with E-state index >= 15 is 0 Å². The van der Waals surface area contributed by atoms with E-state index in [4.69, 9.17) is 5.73 Å². The van der Waals surface area contributed by atoms with Crippen LogP contribution < -0.4 is 11.1 Å². The molecule has 6 heteroatoms. The van der Waals surface area contributed by atoms with E-state index < -0.39 is 15.9 Å². The molecule has 0 aliphatic rings. The van der Waals surface area contributed by atoms with Crippen molar-refractivity contribution in [2.24, 2.45) is 11.7 Å². The molecule has 0 rings (SSSR count). The van der Waals surface area contributed by atoms with Crippen LogP contribution in [0.5, 0.6) is 0 Å². The van der Waals surface area contributed by atoms with Crippen molar-refractivity contribution in [3.63, 3.8) is 0 Å². The van der Waals surface area contributed by atoms with Crippen LogP contribution in [0.1, 0.15) is 27.2 Å². The molecular formula is C10H22N2O3S. The Bertz CT molecular complexity index is 325. The van der Waals surface area contributed by atoms with E-state index in [0.717, 1.165) is 6.26 Å². The highest BCUT2D eigenvalue weighted by Gasteiger charge is 2.18. The molecule has 0 aromatic carbocycles. The van der Waals surface area contributed by atoms with Crippen molar-refractivity contribution in [3.05, 3.63) is 0 Å². The van der Waals surface area contributed by atoms with Crippen LogP contribution >= 0.6 is 0 Å². The molecule has 0 aliphatic heterocycles. The third kappa shape index (κ3) is 6.79. The zero-order valence-electron chi connectivity index (χ0n) is 10.4. The summed E-state index contributed by atoms with van der Waals surface area (Å²) in [6.45, 7) is 5.88. The summed E-state index contributed by atoms with van der Waals surface area (Å²) in [4.78, 5) is 11.5. The van der Waals surface area contributed by atoms with Gasteiger partial charge in [-0.3, -0.25) is 4.79 Å². The highest BCUT2D eigenvalue weighted by Crippen LogP contribution is 2.01. The Morgan fingerprint density at radius 3 is 2.19 bits per heavy atom. The SMILES string of the molecule is CC(C)C(C)NC(=O)C(N)CCS(C)(=O)=O. The minimum atomic E-state index is -3.06. The zero-order valence-corrected chi connectivity index (χ0v) is 11.2. The molecule has 5 nitrogen and oxygen atoms in total. The highest BCUT2D eigenvalue weighted by molar-refractivity contribution is 7.90. The Labute approximate surface area is 97.7 Å². The van der Waals surface area contributed by atoms with Gasteiger partial charge in [0.05, 0.1) is 11.8 Å². The van der Waals surface area contributed by atoms with Crippen molar-refractivity contribution < 1.29 is 13.2 Å². The van der Waals surface area contributed by atoms with Crippen LogP contribution in [0.25, 0.3) is 0 Å². The molecule has 2 atom stereocenters. The van der Waals surface area contributed by atoms with Crippen molar-refractivity contribution >= 4 is 15.7 Å². The number of sulfone groups is 1. The Balaban J connectivity index is 4.10. The normalized spacial score (nSPS) is 15.9. The van der Waals surface area contributed by atoms with E-state index in [1.54, 1.807) is 0 Å². The second-order valence-corrected chi connectivity index (χ2v) is 6.83. The van der Waals surface area contributed by atoms with Gasteiger partial charge in [-0.1, -0.05) is 13.8 Å². The largest absolute Gasteiger partial charge is 0.352 e. The third-order valence-electron chi connectivity index (χ3n) is 2.51. The van der Waals surface area contributed by atoms with Crippen molar-refractivity contribution in [2.45, 2.75) is 39.3 Å². The fourth-order valence-electron chi connectivity index (χ4n) is 0.970. The van der Waals surface area contributed by atoms with Crippen LogP contribution in [0, 0.1) is 5.92 Å². The van der Waals surface area contributed by atoms with Gasteiger partial charge >= 0.3 is 0 Å². The van der Waals surface area contributed by atoms with E-state index in [2.05, 4.69) is 5.32 Å². The first kappa shape index (κ1) is 15.4. The summed E-state index contributed by atoms with van der Waals surface area (Å²) in [5, 5.41) is 2.76. The number of hydrogen-bond donors (Lipinski definition) is 2. The molecule has 0 bridgehead atoms. The molecule has 0 aromatic heterocycles. The molecule has 0 fully saturated rings. The average Bonchev–Trinajstić information content (AvgIpc) is 2.12. The van der Waals surface area contributed by atoms with Gasteiger partial charge in [0.25, 0.3) is 0 Å². The fourth-order valence-corrected chi connectivity index (χ4v) is 1.65. The number of carbonyl (C=O) groups is 1. The molecule has 1 amide bonds. The summed E-state index contributed by atoms with van der Waals surface area (Å²) < 4.78 is 21.8. The Morgan fingerprint density at radius 2 is 1.81 bits per heavy atom. The number of amides is 1. The predicted octanol–water partition coefficient (Wildman–Crippen LogP) is -0.0909. The van der Waals surface area contributed by atoms with Crippen molar-refractivity contribution in [3.8, 4) is 0 Å². The number of rotatable bonds is 6. The summed E-state index contributed by atoms with van der Waals surface area (Å²) in [7, 11) is -3.06. The van der Waals surface area contributed by atoms with Crippen molar-refractivity contribution in [1.29, 1.82) is 0 Å². The fraction of sp³-hybridized carbons (Fsp3) is 0.900. The first-order chi connectivity index (χ1) is 7.13. The average molecular weight is 250 g/mol. The van der Waals surface area contributed by atoms with E-state index in [9.17, 15) is 13.2 Å². The molecule has 0 saturated carbocycles. The second-order valence-electron chi connectivity index (χ2n) is 4.57. The summed E-state index contributed by atoms with van der Waals surface area (Å²) in [6, 6.07) is -0.715. The summed E-state index contributed by atoms with van der Waals surface area (Å²) in [5.74, 6) is -0.0200. The first-order valence-electron chi connectivity index (χ1n) is 5.37. The molecule has 16 heavy (non-hydrogen) atoms. The lowest BCUT2D eigenvalue weighted by molar-refractivity contribution is -0.123. The van der Waals surface area contributed by atoms with Crippen LogP contribution in [0.15, 0.2) is 0 Å². The Hall–Kier alpha value is -0.620. The molecule has 0 aliphatic carbocycles. The predicted molar refractivity (Wildman–Crippen MR) is 64.7 cm³/mol. The summed E-state index contributed by atoms with van der Waals surface area (Å²) in [6.07, 6.45) is 1.30. The highest BCUT2D eigenvalue weighted by atomic mass is 32.2. The minimum absolute atomic E-state index is 0.0387. The van der Waals surface area contributed by atoms with Gasteiger partial charge in [0.1, 0.15) is 9.84 Å². The van der Waals surface area contributed by atoms with E-state index in [0.29, 0.717) is 5.92 Å². The van der Waals surface area contributed by atoms with Crippen LogP contribution in [0.3, 0.4) is 0 Å². The maximum atomic E-state index is 11.5. The lowest BCUT2D eigenvalue weighted by Gasteiger charge is -2.20. The van der Waals surface area contributed by atoms with Crippen LogP contribution in [0.4, 0.5) is 0 Å². The van der Waals surface area contributed by atoms with Gasteiger partial charge in [0.2, 0.25) is 5.91 Å². The van der Waals surface area contributed by atoms with Crippen molar-refractivity contribution in [1.82, 2.24) is 5.32 Å². The number of nitrogens with two attached hydrogens (primary N) is 1. The lowest BCUT2D eigenvalue weighted by Crippen LogP contribution is -2.46. The van der Waals surface area contributed by atoms with Gasteiger partial charge in [-0.15, -0.1) is 0 Å². The van der Waals surface area contributed by atoms with E-state index in [1.165, 1.54) is 0 Å². The summed E-state index contributed by atoms with van der Waals surface area (Å²) in [5.41, 5.74) is 5.60. The molecule has 0 spiro atoms. The van der Waals surface area contributed by atoms with Gasteiger partial charge < -0.3 is 11.1 Å². The van der Waals surface area contributed by atoms with Crippen molar-refractivity contribution in [2.75, 3.05) is 12.0 Å². The quantitative estimate of drug-likeness (QED) is 0.689. The lowest BCUT2D eigenvalue weighted by atomic mass is 10.1. The summed E-state index contributed by atoms with van der Waals surface area (Å²) >= 11 is 0. The van der Waals surface area contributed by atoms with Gasteiger partial charge in [0.15, 0.2) is 0 Å². The molecule has 2 unspecified atom stereocenters. The van der Waals surface area contributed by atoms with Gasteiger partial charge in [-0.05, 0) is 19.3 Å². The molecule has 0 radical (unpaired) electrons. The standard InChI is InChI=1S/C10H22N2O3S/c1-7(2)8(3)12-10(13)9(11)5-6-16(4,14)15/h7-9H,5-6,11H2,1-4H3,(H,12,13). The molecule has 0 aromatic rings. The maximum absolute atomic E-state index is 11.5. The third-order valence-corrected chi connectivity index (χ3v) is 3.48. The van der Waals surface area contributed by atoms with Crippen LogP contribution in [-0.2, 0) is 14.6 Å². The number of nitrogens with one attached hydrogen (secondary N) is 1. The second kappa shape index (κ2) is 6.20. The molecule has 0 heterocycles. The maximum Gasteiger partial charge on any atom is 0.237 e. The zero-order chi connectivity index (χ0) is 12.9. The van der Waals surface area contributed by atoms with Crippen LogP contribution in [-0.4, -0.2) is 38.4 Å². The first-order valence-corrected chi connectivity index (χ1v) is 7.43. The van der Waals surface area contributed by atoms with Crippen LogP contribution in [0.2, 0.25) is 0 Å². The Kier molecular flexibility index (Phi) is 5.96. The Morgan fingerprint density at radius 1 is 1.31 bits per heavy atom. The number of hydrogen-bond acceptors (Lipinski definition) is 4. The smallest absolute Gasteiger partial charge is 0.237 e. The monoisotopic (exact) mass is 250 g/mol. The molecule has 0 saturated heterocycles.